The molecule has 0 aromatic carbocycles. The highest BCUT2D eigenvalue weighted by Gasteiger charge is 2.11. The maximum Gasteiger partial charge on any atom is 0.330 e. The van der Waals surface area contributed by atoms with Crippen molar-refractivity contribution in [2.24, 2.45) is 5.92 Å². The normalized spacial score (nSPS) is 12.3. The van der Waals surface area contributed by atoms with Crippen LogP contribution >= 0.6 is 0 Å². The van der Waals surface area contributed by atoms with E-state index in [1.165, 1.54) is 0 Å². The van der Waals surface area contributed by atoms with Crippen LogP contribution in [0.1, 0.15) is 13.8 Å². The molecule has 0 saturated heterocycles. The average Bonchev–Trinajstić information content (AvgIpc) is 1.99. The zero-order valence-corrected chi connectivity index (χ0v) is 7.04. The quantitative estimate of drug-likeness (QED) is 0.351. The van der Waals surface area contributed by atoms with E-state index in [9.17, 15) is 4.79 Å². The Hall–Kier alpha value is -1.05. The van der Waals surface area contributed by atoms with Crippen molar-refractivity contribution < 1.29 is 9.53 Å². The van der Waals surface area contributed by atoms with Crippen molar-refractivity contribution in [2.75, 3.05) is 0 Å². The van der Waals surface area contributed by atoms with Gasteiger partial charge in [-0.15, -0.1) is 0 Å². The van der Waals surface area contributed by atoms with Crippen LogP contribution in [0.15, 0.2) is 25.3 Å². The fourth-order valence-corrected chi connectivity index (χ4v) is 0.639. The monoisotopic (exact) mass is 154 g/mol. The molecule has 0 aromatic heterocycles. The Bertz CT molecular complexity index is 159. The third-order valence-corrected chi connectivity index (χ3v) is 1.31. The third-order valence-electron chi connectivity index (χ3n) is 1.31. The molecule has 0 radical (unpaired) electrons. The van der Waals surface area contributed by atoms with Gasteiger partial charge in [0.2, 0.25) is 0 Å². The van der Waals surface area contributed by atoms with Gasteiger partial charge >= 0.3 is 5.97 Å². The fraction of sp³-hybridized carbons (Fsp3) is 0.444. The number of carbonyl (C=O) groups excluding carboxylic acids is 1. The molecule has 0 aromatic rings. The molecular weight excluding hydrogens is 140 g/mol. The molecule has 1 unspecified atom stereocenters. The first-order chi connectivity index (χ1) is 5.11. The number of carbonyl (C=O) groups is 1. The minimum atomic E-state index is -0.399. The summed E-state index contributed by atoms with van der Waals surface area (Å²) in [6.07, 6.45) is 2.56. The summed E-state index contributed by atoms with van der Waals surface area (Å²) in [6, 6.07) is 0. The van der Waals surface area contributed by atoms with Gasteiger partial charge in [-0.3, -0.25) is 0 Å². The van der Waals surface area contributed by atoms with Gasteiger partial charge in [-0.25, -0.2) is 4.79 Å². The summed E-state index contributed by atoms with van der Waals surface area (Å²) in [5, 5.41) is 0. The molecule has 62 valence electrons. The maximum absolute atomic E-state index is 10.7. The van der Waals surface area contributed by atoms with Crippen molar-refractivity contribution in [3.63, 3.8) is 0 Å². The van der Waals surface area contributed by atoms with Crippen LogP contribution in [0.5, 0.6) is 0 Å². The van der Waals surface area contributed by atoms with Crippen LogP contribution in [0.25, 0.3) is 0 Å². The zero-order valence-electron chi connectivity index (χ0n) is 7.04. The summed E-state index contributed by atoms with van der Waals surface area (Å²) in [4.78, 5) is 10.7. The van der Waals surface area contributed by atoms with E-state index < -0.39 is 5.97 Å². The summed E-state index contributed by atoms with van der Waals surface area (Å²) < 4.78 is 4.94. The third kappa shape index (κ3) is 3.61. The van der Waals surface area contributed by atoms with E-state index in [2.05, 4.69) is 13.2 Å². The predicted octanol–water partition coefficient (Wildman–Crippen LogP) is 1.93. The Morgan fingerprint density at radius 2 is 2.00 bits per heavy atom. The van der Waals surface area contributed by atoms with E-state index in [0.717, 1.165) is 6.08 Å². The van der Waals surface area contributed by atoms with Crippen LogP contribution in [-0.2, 0) is 9.53 Å². The lowest BCUT2D eigenvalue weighted by Crippen LogP contribution is -2.19. The van der Waals surface area contributed by atoms with Gasteiger partial charge in [-0.05, 0) is 5.92 Å². The highest BCUT2D eigenvalue weighted by atomic mass is 16.5. The Balaban J connectivity index is 3.97. The van der Waals surface area contributed by atoms with Crippen molar-refractivity contribution in [3.8, 4) is 0 Å². The summed E-state index contributed by atoms with van der Waals surface area (Å²) >= 11 is 0. The number of esters is 1. The molecule has 0 fully saturated rings. The smallest absolute Gasteiger partial charge is 0.330 e. The fourth-order valence-electron chi connectivity index (χ4n) is 0.639. The van der Waals surface area contributed by atoms with Crippen LogP contribution in [0.3, 0.4) is 0 Å². The minimum Gasteiger partial charge on any atom is -0.455 e. The molecule has 0 N–H and O–H groups in total. The second kappa shape index (κ2) is 4.72. The van der Waals surface area contributed by atoms with E-state index in [1.807, 2.05) is 13.8 Å². The van der Waals surface area contributed by atoms with Gasteiger partial charge in [0.25, 0.3) is 0 Å². The van der Waals surface area contributed by atoms with Gasteiger partial charge in [0.1, 0.15) is 6.10 Å². The van der Waals surface area contributed by atoms with E-state index in [0.29, 0.717) is 0 Å². The van der Waals surface area contributed by atoms with E-state index in [1.54, 1.807) is 6.08 Å². The van der Waals surface area contributed by atoms with Crippen LogP contribution in [0.2, 0.25) is 0 Å². The SMILES string of the molecule is C=CC(=O)OC(C=C)C(C)C. The Morgan fingerprint density at radius 3 is 2.27 bits per heavy atom. The summed E-state index contributed by atoms with van der Waals surface area (Å²) in [5.41, 5.74) is 0. The Labute approximate surface area is 67.6 Å². The Morgan fingerprint density at radius 1 is 1.45 bits per heavy atom. The molecule has 0 bridgehead atoms. The van der Waals surface area contributed by atoms with E-state index >= 15 is 0 Å². The molecule has 0 aliphatic carbocycles. The molecule has 11 heavy (non-hydrogen) atoms. The van der Waals surface area contributed by atoms with Crippen molar-refractivity contribution in [2.45, 2.75) is 20.0 Å². The second-order valence-electron chi connectivity index (χ2n) is 2.59. The van der Waals surface area contributed by atoms with Crippen LogP contribution < -0.4 is 0 Å². The summed E-state index contributed by atoms with van der Waals surface area (Å²) in [6.45, 7) is 10.8. The van der Waals surface area contributed by atoms with Crippen LogP contribution in [-0.4, -0.2) is 12.1 Å². The highest BCUT2D eigenvalue weighted by molar-refractivity contribution is 5.81. The van der Waals surface area contributed by atoms with Gasteiger partial charge < -0.3 is 4.74 Å². The number of hydrogen-bond donors (Lipinski definition) is 0. The molecule has 0 rings (SSSR count). The first-order valence-electron chi connectivity index (χ1n) is 3.57. The van der Waals surface area contributed by atoms with Gasteiger partial charge in [0.15, 0.2) is 0 Å². The van der Waals surface area contributed by atoms with Gasteiger partial charge in [0.05, 0.1) is 0 Å². The van der Waals surface area contributed by atoms with Crippen molar-refractivity contribution in [1.82, 2.24) is 0 Å². The van der Waals surface area contributed by atoms with Crippen molar-refractivity contribution >= 4 is 5.97 Å². The number of ether oxygens (including phenoxy) is 1. The first-order valence-corrected chi connectivity index (χ1v) is 3.57. The minimum absolute atomic E-state index is 0.208. The van der Waals surface area contributed by atoms with Crippen molar-refractivity contribution in [1.29, 1.82) is 0 Å². The topological polar surface area (TPSA) is 26.3 Å². The summed E-state index contributed by atoms with van der Waals surface area (Å²) in [7, 11) is 0. The molecule has 0 saturated carbocycles. The molecule has 1 atom stereocenters. The molecule has 2 heteroatoms. The number of rotatable bonds is 4. The molecule has 0 aliphatic rings. The van der Waals surface area contributed by atoms with Gasteiger partial charge in [-0.1, -0.05) is 33.1 Å². The second-order valence-corrected chi connectivity index (χ2v) is 2.59. The van der Waals surface area contributed by atoms with Crippen molar-refractivity contribution in [3.05, 3.63) is 25.3 Å². The zero-order chi connectivity index (χ0) is 8.85. The lowest BCUT2D eigenvalue weighted by molar-refractivity contribution is -0.142. The molecule has 0 heterocycles. The maximum atomic E-state index is 10.7. The first kappa shape index (κ1) is 9.95. The average molecular weight is 154 g/mol. The van der Waals surface area contributed by atoms with Gasteiger partial charge in [0, 0.05) is 6.08 Å². The number of hydrogen-bond acceptors (Lipinski definition) is 2. The standard InChI is InChI=1S/C9H14O2/c1-5-8(7(3)4)11-9(10)6-2/h5-8H,1-2H2,3-4H3. The van der Waals surface area contributed by atoms with Crippen LogP contribution in [0.4, 0.5) is 0 Å². The van der Waals surface area contributed by atoms with E-state index in [4.69, 9.17) is 4.74 Å². The summed E-state index contributed by atoms with van der Waals surface area (Å²) in [5.74, 6) is -0.139. The molecule has 0 aliphatic heterocycles. The molecule has 0 amide bonds. The lowest BCUT2D eigenvalue weighted by atomic mass is 10.1. The molecule has 0 spiro atoms. The van der Waals surface area contributed by atoms with Crippen LogP contribution in [0, 0.1) is 5.92 Å². The Kier molecular flexibility index (Phi) is 4.27. The van der Waals surface area contributed by atoms with E-state index in [-0.39, 0.29) is 12.0 Å². The molecule has 2 nitrogen and oxygen atoms in total. The highest BCUT2D eigenvalue weighted by Crippen LogP contribution is 2.07. The molecular formula is C9H14O2. The largest absolute Gasteiger partial charge is 0.455 e. The lowest BCUT2D eigenvalue weighted by Gasteiger charge is -2.15. The van der Waals surface area contributed by atoms with Gasteiger partial charge in [-0.2, -0.15) is 0 Å². The predicted molar refractivity (Wildman–Crippen MR) is 45.1 cm³/mol.